The van der Waals surface area contributed by atoms with Crippen LogP contribution in [0.4, 0.5) is 26.0 Å². The second-order valence-corrected chi connectivity index (χ2v) is 11.4. The van der Waals surface area contributed by atoms with Gasteiger partial charge in [-0.15, -0.1) is 0 Å². The van der Waals surface area contributed by atoms with E-state index in [2.05, 4.69) is 15.1 Å². The van der Waals surface area contributed by atoms with Crippen LogP contribution >= 0.6 is 34.2 Å². The first-order valence-corrected chi connectivity index (χ1v) is 13.8. The number of halogens is 4. The van der Waals surface area contributed by atoms with Gasteiger partial charge in [0.1, 0.15) is 10.7 Å². The molecule has 0 bridgehead atoms. The molecule has 3 aromatic rings. The van der Waals surface area contributed by atoms with Crippen molar-refractivity contribution in [2.24, 2.45) is 0 Å². The lowest BCUT2D eigenvalue weighted by Gasteiger charge is -2.34. The number of aromatic nitrogens is 1. The van der Waals surface area contributed by atoms with Gasteiger partial charge in [-0.05, 0) is 59.0 Å². The molecule has 1 aliphatic heterocycles. The third-order valence-electron chi connectivity index (χ3n) is 5.63. The summed E-state index contributed by atoms with van der Waals surface area (Å²) in [5, 5.41) is 2.80. The number of nitrogens with zero attached hydrogens (tertiary/aromatic N) is 3. The van der Waals surface area contributed by atoms with E-state index in [-0.39, 0.29) is 23.8 Å². The van der Waals surface area contributed by atoms with Gasteiger partial charge < -0.3 is 10.2 Å². The van der Waals surface area contributed by atoms with Gasteiger partial charge in [-0.3, -0.25) is 9.63 Å². The number of hydroxylamine groups is 1. The van der Waals surface area contributed by atoms with Gasteiger partial charge in [0.2, 0.25) is 10.0 Å². The van der Waals surface area contributed by atoms with Crippen LogP contribution in [0, 0.1) is 15.2 Å². The molecule has 2 N–H and O–H groups in total. The van der Waals surface area contributed by atoms with Gasteiger partial charge in [0.25, 0.3) is 5.91 Å². The molecule has 196 valence electrons. The maximum absolute atomic E-state index is 15.4. The molecule has 1 amide bonds. The second-order valence-electron chi connectivity index (χ2n) is 7.89. The highest BCUT2D eigenvalue weighted by atomic mass is 127. The molecular formula is C23H21ClF2IN5O4S. The molecule has 0 atom stereocenters. The predicted octanol–water partition coefficient (Wildman–Crippen LogP) is 4.16. The highest BCUT2D eigenvalue weighted by Crippen LogP contribution is 2.35. The van der Waals surface area contributed by atoms with Crippen LogP contribution < -0.4 is 15.7 Å². The van der Waals surface area contributed by atoms with Crippen molar-refractivity contribution in [3.63, 3.8) is 0 Å². The molecule has 0 saturated carbocycles. The maximum Gasteiger partial charge on any atom is 0.277 e. The SMILES string of the molecule is CONC(=O)c1cc(S(=O)(=O)N2CCN(c3ccccn3)CC2)c(F)c(F)c1Nc1ccc(I)cc1Cl. The molecule has 1 saturated heterocycles. The van der Waals surface area contributed by atoms with Gasteiger partial charge in [0, 0.05) is 35.9 Å². The first-order valence-electron chi connectivity index (χ1n) is 10.9. The minimum Gasteiger partial charge on any atom is -0.354 e. The van der Waals surface area contributed by atoms with Crippen molar-refractivity contribution in [1.82, 2.24) is 14.8 Å². The normalized spacial score (nSPS) is 14.5. The number of amides is 1. The Balaban J connectivity index is 1.70. The van der Waals surface area contributed by atoms with E-state index in [1.807, 2.05) is 39.0 Å². The van der Waals surface area contributed by atoms with Crippen LogP contribution in [-0.4, -0.2) is 56.9 Å². The third-order valence-corrected chi connectivity index (χ3v) is 8.51. The van der Waals surface area contributed by atoms with E-state index in [0.717, 1.165) is 21.1 Å². The number of benzene rings is 2. The van der Waals surface area contributed by atoms with Crippen LogP contribution in [0.1, 0.15) is 10.4 Å². The molecule has 2 aromatic carbocycles. The van der Waals surface area contributed by atoms with Crippen molar-refractivity contribution in [3.8, 4) is 0 Å². The zero-order valence-electron chi connectivity index (χ0n) is 19.3. The number of anilines is 3. The molecule has 9 nitrogen and oxygen atoms in total. The first kappa shape index (κ1) is 27.4. The second kappa shape index (κ2) is 11.4. The van der Waals surface area contributed by atoms with Crippen LogP contribution in [0.3, 0.4) is 0 Å². The minimum absolute atomic E-state index is 0.0117. The van der Waals surface area contributed by atoms with Gasteiger partial charge >= 0.3 is 0 Å². The lowest BCUT2D eigenvalue weighted by molar-refractivity contribution is 0.0538. The Bertz CT molecular complexity index is 1420. The van der Waals surface area contributed by atoms with Crippen molar-refractivity contribution in [2.45, 2.75) is 4.90 Å². The Hall–Kier alpha value is -2.59. The number of pyridine rings is 1. The van der Waals surface area contributed by atoms with Crippen LogP contribution in [0.25, 0.3) is 0 Å². The number of nitrogens with one attached hydrogen (secondary N) is 2. The monoisotopic (exact) mass is 663 g/mol. The van der Waals surface area contributed by atoms with E-state index in [1.165, 1.54) is 6.07 Å². The zero-order valence-corrected chi connectivity index (χ0v) is 23.1. The summed E-state index contributed by atoms with van der Waals surface area (Å²) in [5.74, 6) is -3.48. The smallest absolute Gasteiger partial charge is 0.277 e. The largest absolute Gasteiger partial charge is 0.354 e. The zero-order chi connectivity index (χ0) is 26.7. The van der Waals surface area contributed by atoms with Crippen LogP contribution in [0.5, 0.6) is 0 Å². The Kier molecular flexibility index (Phi) is 8.48. The van der Waals surface area contributed by atoms with E-state index in [9.17, 15) is 13.2 Å². The lowest BCUT2D eigenvalue weighted by atomic mass is 10.1. The number of carbonyl (C=O) groups excluding carboxylic acids is 1. The molecular weight excluding hydrogens is 643 g/mol. The average Bonchev–Trinajstić information content (AvgIpc) is 2.89. The standard InChI is InChI=1S/C23H21ClF2IN5O4S/c1-36-30-23(33)15-13-18(20(25)21(26)22(15)29-17-6-5-14(27)12-16(17)24)37(34,35)32-10-8-31(9-11-32)19-4-2-3-7-28-19/h2-7,12-13,29H,8-11H2,1H3,(H,30,33). The number of hydrogen-bond acceptors (Lipinski definition) is 7. The summed E-state index contributed by atoms with van der Waals surface area (Å²) >= 11 is 8.23. The summed E-state index contributed by atoms with van der Waals surface area (Å²) in [6.45, 7) is 0.611. The number of carbonyl (C=O) groups is 1. The fourth-order valence-electron chi connectivity index (χ4n) is 3.80. The number of sulfonamides is 1. The topological polar surface area (TPSA) is 104 Å². The fraction of sp³-hybridized carbons (Fsp3) is 0.217. The van der Waals surface area contributed by atoms with Crippen molar-refractivity contribution < 1.29 is 26.8 Å². The van der Waals surface area contributed by atoms with E-state index in [4.69, 9.17) is 11.6 Å². The van der Waals surface area contributed by atoms with Crippen LogP contribution in [0.2, 0.25) is 5.02 Å². The summed E-state index contributed by atoms with van der Waals surface area (Å²) in [7, 11) is -3.35. The first-order chi connectivity index (χ1) is 17.6. The molecule has 1 fully saturated rings. The molecule has 0 unspecified atom stereocenters. The molecule has 4 rings (SSSR count). The Morgan fingerprint density at radius 1 is 1.11 bits per heavy atom. The van der Waals surface area contributed by atoms with Gasteiger partial charge in [-0.25, -0.2) is 27.7 Å². The number of hydrogen-bond donors (Lipinski definition) is 2. The van der Waals surface area contributed by atoms with Gasteiger partial charge in [0.05, 0.1) is 29.1 Å². The van der Waals surface area contributed by atoms with E-state index < -0.39 is 43.7 Å². The fourth-order valence-corrected chi connectivity index (χ4v) is 6.21. The summed E-state index contributed by atoms with van der Waals surface area (Å²) in [6.07, 6.45) is 1.63. The van der Waals surface area contributed by atoms with Gasteiger partial charge in [0.15, 0.2) is 11.6 Å². The molecule has 37 heavy (non-hydrogen) atoms. The molecule has 2 heterocycles. The number of rotatable bonds is 7. The molecule has 0 aliphatic carbocycles. The lowest BCUT2D eigenvalue weighted by Crippen LogP contribution is -2.49. The summed E-state index contributed by atoms with van der Waals surface area (Å²) in [4.78, 5) is 22.5. The Morgan fingerprint density at radius 3 is 2.46 bits per heavy atom. The highest BCUT2D eigenvalue weighted by Gasteiger charge is 2.35. The molecule has 0 radical (unpaired) electrons. The quantitative estimate of drug-likeness (QED) is 0.289. The highest BCUT2D eigenvalue weighted by molar-refractivity contribution is 14.1. The molecule has 1 aromatic heterocycles. The van der Waals surface area contributed by atoms with E-state index in [0.29, 0.717) is 18.9 Å². The molecule has 14 heteroatoms. The predicted molar refractivity (Wildman–Crippen MR) is 143 cm³/mol. The van der Waals surface area contributed by atoms with Gasteiger partial charge in [-0.1, -0.05) is 17.7 Å². The Morgan fingerprint density at radius 2 is 1.84 bits per heavy atom. The van der Waals surface area contributed by atoms with Crippen molar-refractivity contribution in [1.29, 1.82) is 0 Å². The Labute approximate surface area is 230 Å². The summed E-state index contributed by atoms with van der Waals surface area (Å²) < 4.78 is 59.3. The van der Waals surface area contributed by atoms with Crippen LogP contribution in [0.15, 0.2) is 53.6 Å². The summed E-state index contributed by atoms with van der Waals surface area (Å²) in [5.41, 5.74) is 1.13. The van der Waals surface area contributed by atoms with Gasteiger partial charge in [-0.2, -0.15) is 4.31 Å². The molecule has 1 aliphatic rings. The van der Waals surface area contributed by atoms with Crippen LogP contribution in [-0.2, 0) is 14.9 Å². The van der Waals surface area contributed by atoms with Crippen molar-refractivity contribution in [2.75, 3.05) is 43.5 Å². The third kappa shape index (κ3) is 5.80. The van der Waals surface area contributed by atoms with Crippen molar-refractivity contribution in [3.05, 3.63) is 74.5 Å². The maximum atomic E-state index is 15.4. The van der Waals surface area contributed by atoms with E-state index >= 15 is 8.78 Å². The summed E-state index contributed by atoms with van der Waals surface area (Å²) in [6, 6.07) is 10.9. The van der Waals surface area contributed by atoms with Crippen molar-refractivity contribution >= 4 is 67.3 Å². The minimum atomic E-state index is -4.50. The average molecular weight is 664 g/mol. The van der Waals surface area contributed by atoms with E-state index in [1.54, 1.807) is 30.5 Å². The molecule has 0 spiro atoms. The number of piperazine rings is 1.